The summed E-state index contributed by atoms with van der Waals surface area (Å²) in [5.41, 5.74) is 5.08. The average Bonchev–Trinajstić information content (AvgIpc) is 3.18. The lowest BCUT2D eigenvalue weighted by molar-refractivity contribution is -0.123. The number of fused-ring (bicyclic) bond motifs is 2. The van der Waals surface area contributed by atoms with E-state index in [0.29, 0.717) is 14.6 Å². The van der Waals surface area contributed by atoms with Crippen molar-refractivity contribution in [1.29, 1.82) is 0 Å². The number of piperazine rings is 1. The summed E-state index contributed by atoms with van der Waals surface area (Å²) in [6, 6.07) is 2.55. The molecule has 0 bridgehead atoms. The number of carbonyl (C=O) groups excluding carboxylic acids is 1. The van der Waals surface area contributed by atoms with Crippen molar-refractivity contribution in [2.24, 2.45) is 0 Å². The van der Waals surface area contributed by atoms with Gasteiger partial charge in [0.2, 0.25) is 0 Å². The molecule has 5 rings (SSSR count). The van der Waals surface area contributed by atoms with Crippen LogP contribution in [0.15, 0.2) is 42.4 Å². The lowest BCUT2D eigenvalue weighted by Gasteiger charge is -2.39. The molecule has 0 aromatic carbocycles. The normalized spacial score (nSPS) is 24.5. The summed E-state index contributed by atoms with van der Waals surface area (Å²) < 4.78 is 1.92. The Balaban J connectivity index is 1.43. The first-order chi connectivity index (χ1) is 15.0. The SMILES string of the molecule is CCCc1nc(C)cn2nc(C3=CC(=O)N4C=C(N5CCN[C@@H](C)C5)C=CC4P3)cc12. The summed E-state index contributed by atoms with van der Waals surface area (Å²) >= 11 is 0. The molecule has 3 aliphatic rings. The molecule has 1 saturated heterocycles. The van der Waals surface area contributed by atoms with Gasteiger partial charge in [0, 0.05) is 43.3 Å². The summed E-state index contributed by atoms with van der Waals surface area (Å²) in [7, 11) is 0.467. The number of aromatic nitrogens is 3. The van der Waals surface area contributed by atoms with Gasteiger partial charge in [-0.3, -0.25) is 9.78 Å². The Hall–Kier alpha value is -2.50. The number of hydrogen-bond donors (Lipinski definition) is 1. The summed E-state index contributed by atoms with van der Waals surface area (Å²) in [6.07, 6.45) is 12.1. The van der Waals surface area contributed by atoms with E-state index in [4.69, 9.17) is 10.1 Å². The van der Waals surface area contributed by atoms with E-state index in [1.54, 1.807) is 6.08 Å². The number of rotatable bonds is 4. The molecule has 1 fully saturated rings. The van der Waals surface area contributed by atoms with Crippen LogP contribution in [-0.2, 0) is 11.2 Å². The molecule has 0 spiro atoms. The van der Waals surface area contributed by atoms with Crippen molar-refractivity contribution >= 4 is 25.3 Å². The minimum Gasteiger partial charge on any atom is -0.368 e. The molecule has 8 heteroatoms. The third-order valence-corrected chi connectivity index (χ3v) is 7.47. The number of aryl methyl sites for hydroxylation is 2. The number of hydrogen-bond acceptors (Lipinski definition) is 5. The predicted octanol–water partition coefficient (Wildman–Crippen LogP) is 2.88. The molecule has 2 aromatic heterocycles. The van der Waals surface area contributed by atoms with E-state index >= 15 is 0 Å². The second kappa shape index (κ2) is 8.21. The van der Waals surface area contributed by atoms with Crippen molar-refractivity contribution in [1.82, 2.24) is 29.7 Å². The summed E-state index contributed by atoms with van der Waals surface area (Å²) in [5, 5.41) is 9.29. The zero-order valence-electron chi connectivity index (χ0n) is 18.3. The van der Waals surface area contributed by atoms with Gasteiger partial charge in [-0.1, -0.05) is 28.0 Å². The summed E-state index contributed by atoms with van der Waals surface area (Å²) in [4.78, 5) is 22.0. The minimum atomic E-state index is 0.0314. The van der Waals surface area contributed by atoms with Crippen LogP contribution in [0, 0.1) is 6.92 Å². The Morgan fingerprint density at radius 2 is 2.23 bits per heavy atom. The van der Waals surface area contributed by atoms with Gasteiger partial charge in [-0.2, -0.15) is 5.10 Å². The number of amides is 1. The molecule has 3 atom stereocenters. The molecule has 0 radical (unpaired) electrons. The topological polar surface area (TPSA) is 65.8 Å². The van der Waals surface area contributed by atoms with E-state index in [1.165, 1.54) is 0 Å². The quantitative estimate of drug-likeness (QED) is 0.747. The predicted molar refractivity (Wildman–Crippen MR) is 125 cm³/mol. The van der Waals surface area contributed by atoms with Crippen LogP contribution in [0.4, 0.5) is 0 Å². The van der Waals surface area contributed by atoms with E-state index in [1.807, 2.05) is 28.7 Å². The Kier molecular flexibility index (Phi) is 5.40. The second-order valence-corrected chi connectivity index (χ2v) is 9.96. The van der Waals surface area contributed by atoms with E-state index < -0.39 is 0 Å². The molecule has 1 N–H and O–H groups in total. The highest BCUT2D eigenvalue weighted by atomic mass is 31.1. The van der Waals surface area contributed by atoms with E-state index in [2.05, 4.69) is 42.3 Å². The Morgan fingerprint density at radius 3 is 3.03 bits per heavy atom. The molecule has 0 saturated carbocycles. The molecule has 3 aliphatic heterocycles. The van der Waals surface area contributed by atoms with Gasteiger partial charge >= 0.3 is 0 Å². The highest BCUT2D eigenvalue weighted by molar-refractivity contribution is 7.51. The van der Waals surface area contributed by atoms with Crippen LogP contribution in [0.1, 0.15) is 37.4 Å². The highest BCUT2D eigenvalue weighted by Crippen LogP contribution is 2.44. The van der Waals surface area contributed by atoms with Gasteiger partial charge in [0.15, 0.2) is 0 Å². The zero-order valence-corrected chi connectivity index (χ0v) is 19.3. The van der Waals surface area contributed by atoms with Crippen molar-refractivity contribution in [3.8, 4) is 0 Å². The first kappa shape index (κ1) is 20.4. The van der Waals surface area contributed by atoms with E-state index in [-0.39, 0.29) is 11.7 Å². The van der Waals surface area contributed by atoms with Crippen molar-refractivity contribution < 1.29 is 4.79 Å². The summed E-state index contributed by atoms with van der Waals surface area (Å²) in [5.74, 6) is 0.0975. The molecular weight excluding hydrogens is 407 g/mol. The van der Waals surface area contributed by atoms with Crippen LogP contribution in [-0.4, -0.2) is 61.8 Å². The van der Waals surface area contributed by atoms with Gasteiger partial charge in [0.25, 0.3) is 5.91 Å². The van der Waals surface area contributed by atoms with Crippen molar-refractivity contribution in [2.75, 3.05) is 19.6 Å². The Labute approximate surface area is 184 Å². The van der Waals surface area contributed by atoms with Gasteiger partial charge < -0.3 is 15.1 Å². The fourth-order valence-electron chi connectivity index (χ4n) is 4.50. The Morgan fingerprint density at radius 1 is 1.35 bits per heavy atom. The highest BCUT2D eigenvalue weighted by Gasteiger charge is 2.31. The molecule has 1 amide bonds. The lowest BCUT2D eigenvalue weighted by atomic mass is 10.2. The van der Waals surface area contributed by atoms with Gasteiger partial charge in [-0.25, -0.2) is 4.52 Å². The maximum Gasteiger partial charge on any atom is 0.252 e. The molecule has 2 unspecified atom stereocenters. The molecule has 0 aliphatic carbocycles. The van der Waals surface area contributed by atoms with Crippen LogP contribution in [0.5, 0.6) is 0 Å². The number of carbonyl (C=O) groups is 1. The fraction of sp³-hybridized carbons (Fsp3) is 0.435. The van der Waals surface area contributed by atoms with Crippen LogP contribution < -0.4 is 5.32 Å². The van der Waals surface area contributed by atoms with E-state index in [0.717, 1.165) is 66.1 Å². The third kappa shape index (κ3) is 3.92. The van der Waals surface area contributed by atoms with Gasteiger partial charge in [0.05, 0.1) is 40.3 Å². The van der Waals surface area contributed by atoms with Crippen LogP contribution >= 0.6 is 8.58 Å². The van der Waals surface area contributed by atoms with Crippen LogP contribution in [0.25, 0.3) is 10.8 Å². The van der Waals surface area contributed by atoms with Gasteiger partial charge in [-0.05, 0) is 32.4 Å². The average molecular weight is 437 g/mol. The first-order valence-corrected chi connectivity index (χ1v) is 12.1. The van der Waals surface area contributed by atoms with Gasteiger partial charge in [-0.15, -0.1) is 0 Å². The second-order valence-electron chi connectivity index (χ2n) is 8.55. The van der Waals surface area contributed by atoms with Crippen molar-refractivity contribution in [3.63, 3.8) is 0 Å². The van der Waals surface area contributed by atoms with E-state index in [9.17, 15) is 4.79 Å². The fourth-order valence-corrected chi connectivity index (χ4v) is 5.83. The number of allylic oxidation sites excluding steroid dienone is 1. The van der Waals surface area contributed by atoms with Crippen LogP contribution in [0.3, 0.4) is 0 Å². The minimum absolute atomic E-state index is 0.0314. The lowest BCUT2D eigenvalue weighted by Crippen LogP contribution is -2.49. The van der Waals surface area contributed by atoms with Crippen molar-refractivity contribution in [3.05, 3.63) is 59.5 Å². The molecule has 2 aromatic rings. The molecular formula is C23H29N6OP. The standard InChI is InChI=1S/C23H29N6OP/c1-4-5-18-20-10-19(26-29(20)13-16(3)25-18)21-11-22(30)28-14-17(6-7-23(28)31-21)27-9-8-24-15(2)12-27/h6-7,10-11,13-15,23-24,31H,4-5,8-9,12H2,1-3H3/t15-,23?/m0/s1. The molecule has 31 heavy (non-hydrogen) atoms. The largest absolute Gasteiger partial charge is 0.368 e. The zero-order chi connectivity index (χ0) is 21.5. The Bertz CT molecular complexity index is 1120. The maximum absolute atomic E-state index is 13.0. The van der Waals surface area contributed by atoms with Gasteiger partial charge in [0.1, 0.15) is 0 Å². The first-order valence-electron chi connectivity index (χ1n) is 11.1. The number of nitrogens with zero attached hydrogens (tertiary/aromatic N) is 5. The molecule has 7 nitrogen and oxygen atoms in total. The molecule has 5 heterocycles. The smallest absolute Gasteiger partial charge is 0.252 e. The number of nitrogens with one attached hydrogen (secondary N) is 1. The molecule has 162 valence electrons. The maximum atomic E-state index is 13.0. The van der Waals surface area contributed by atoms with Crippen molar-refractivity contribution in [2.45, 2.75) is 45.4 Å². The van der Waals surface area contributed by atoms with Crippen LogP contribution in [0.2, 0.25) is 0 Å². The third-order valence-electron chi connectivity index (χ3n) is 5.99. The summed E-state index contributed by atoms with van der Waals surface area (Å²) in [6.45, 7) is 9.25. The monoisotopic (exact) mass is 436 g/mol.